The first-order chi connectivity index (χ1) is 11.0. The standard InChI is InChI=1S/C17H33N3O3/c1-15(21)7-3-4-8-17(23)19-10-6-12-20(11-5-9-18-2)13-16(22)14-20/h16,18,22H,3-14H2,1-2H3/p+1. The maximum absolute atomic E-state index is 11.7. The fraction of sp³-hybridized carbons (Fsp3) is 0.882. The zero-order chi connectivity index (χ0) is 17.1. The highest BCUT2D eigenvalue weighted by atomic mass is 16.3. The van der Waals surface area contributed by atoms with Crippen molar-refractivity contribution in [3.8, 4) is 0 Å². The molecule has 1 rings (SSSR count). The zero-order valence-corrected chi connectivity index (χ0v) is 14.8. The van der Waals surface area contributed by atoms with E-state index in [4.69, 9.17) is 0 Å². The molecule has 0 aromatic carbocycles. The maximum atomic E-state index is 11.7. The summed E-state index contributed by atoms with van der Waals surface area (Å²) in [6, 6.07) is 0. The maximum Gasteiger partial charge on any atom is 0.219 e. The van der Waals surface area contributed by atoms with Crippen molar-refractivity contribution in [2.24, 2.45) is 0 Å². The lowest BCUT2D eigenvalue weighted by molar-refractivity contribution is -0.972. The molecule has 23 heavy (non-hydrogen) atoms. The predicted octanol–water partition coefficient (Wildman–Crippen LogP) is 0.443. The first kappa shape index (κ1) is 20.1. The van der Waals surface area contributed by atoms with Gasteiger partial charge in [-0.25, -0.2) is 0 Å². The van der Waals surface area contributed by atoms with E-state index in [1.165, 1.54) is 0 Å². The van der Waals surface area contributed by atoms with Gasteiger partial charge in [-0.1, -0.05) is 0 Å². The van der Waals surface area contributed by atoms with Gasteiger partial charge in [-0.15, -0.1) is 0 Å². The molecule has 1 aliphatic heterocycles. The minimum Gasteiger partial charge on any atom is -0.382 e. The molecule has 0 saturated carbocycles. The lowest BCUT2D eigenvalue weighted by Crippen LogP contribution is -2.67. The minimum atomic E-state index is -0.152. The number of hydrogen-bond acceptors (Lipinski definition) is 4. The highest BCUT2D eigenvalue weighted by Crippen LogP contribution is 2.21. The molecule has 1 heterocycles. The van der Waals surface area contributed by atoms with E-state index in [9.17, 15) is 14.7 Å². The molecule has 0 spiro atoms. The van der Waals surface area contributed by atoms with E-state index in [2.05, 4.69) is 10.6 Å². The van der Waals surface area contributed by atoms with Gasteiger partial charge in [0.1, 0.15) is 18.9 Å². The normalized spacial score (nSPS) is 23.3. The molecule has 1 aliphatic rings. The van der Waals surface area contributed by atoms with Gasteiger partial charge in [0.05, 0.1) is 13.1 Å². The Labute approximate surface area is 140 Å². The molecule has 0 aromatic rings. The second-order valence-electron chi connectivity index (χ2n) is 6.88. The zero-order valence-electron chi connectivity index (χ0n) is 14.8. The second kappa shape index (κ2) is 10.7. The highest BCUT2D eigenvalue weighted by molar-refractivity contribution is 5.76. The summed E-state index contributed by atoms with van der Waals surface area (Å²) in [5.74, 6) is 0.272. The number of hydrogen-bond donors (Lipinski definition) is 3. The van der Waals surface area contributed by atoms with E-state index in [1.54, 1.807) is 6.92 Å². The smallest absolute Gasteiger partial charge is 0.219 e. The summed E-state index contributed by atoms with van der Waals surface area (Å²) in [5, 5.41) is 15.7. The van der Waals surface area contributed by atoms with Crippen molar-refractivity contribution in [2.75, 3.05) is 46.3 Å². The number of quaternary nitrogens is 1. The Hall–Kier alpha value is -0.980. The number of amides is 1. The molecule has 1 fully saturated rings. The molecule has 134 valence electrons. The lowest BCUT2D eigenvalue weighted by Gasteiger charge is -2.48. The Kier molecular flexibility index (Phi) is 9.36. The SMILES string of the molecule is CNCCC[N+]1(CCCNC(=O)CCCCC(C)=O)CC(O)C1. The largest absolute Gasteiger partial charge is 0.382 e. The third kappa shape index (κ3) is 8.44. The fourth-order valence-corrected chi connectivity index (χ4v) is 3.30. The van der Waals surface area contributed by atoms with Gasteiger partial charge in [-0.05, 0) is 26.8 Å². The summed E-state index contributed by atoms with van der Waals surface area (Å²) in [7, 11) is 1.96. The van der Waals surface area contributed by atoms with Crippen molar-refractivity contribution in [1.29, 1.82) is 0 Å². The number of unbranched alkanes of at least 4 members (excludes halogenated alkanes) is 1. The molecule has 0 aromatic heterocycles. The summed E-state index contributed by atoms with van der Waals surface area (Å²) >= 11 is 0. The molecule has 3 N–H and O–H groups in total. The van der Waals surface area contributed by atoms with Crippen molar-refractivity contribution < 1.29 is 19.2 Å². The average Bonchev–Trinajstić information content (AvgIpc) is 2.46. The molecule has 0 aliphatic carbocycles. The Balaban J connectivity index is 2.09. The third-order valence-corrected chi connectivity index (χ3v) is 4.57. The van der Waals surface area contributed by atoms with E-state index in [1.807, 2.05) is 7.05 Å². The van der Waals surface area contributed by atoms with Crippen LogP contribution in [0.25, 0.3) is 0 Å². The van der Waals surface area contributed by atoms with Crippen molar-refractivity contribution in [1.82, 2.24) is 10.6 Å². The van der Waals surface area contributed by atoms with Crippen LogP contribution in [-0.4, -0.2) is 73.7 Å². The van der Waals surface area contributed by atoms with Gasteiger partial charge in [0.2, 0.25) is 5.91 Å². The third-order valence-electron chi connectivity index (χ3n) is 4.57. The van der Waals surface area contributed by atoms with Gasteiger partial charge < -0.3 is 25.0 Å². The van der Waals surface area contributed by atoms with Gasteiger partial charge in [0.15, 0.2) is 6.10 Å². The first-order valence-corrected chi connectivity index (χ1v) is 8.91. The Morgan fingerprint density at radius 2 is 1.65 bits per heavy atom. The van der Waals surface area contributed by atoms with Crippen molar-refractivity contribution in [3.63, 3.8) is 0 Å². The number of likely N-dealkylation sites (tertiary alicyclic amines) is 1. The number of nitrogens with one attached hydrogen (secondary N) is 2. The van der Waals surface area contributed by atoms with E-state index in [-0.39, 0.29) is 17.8 Å². The van der Waals surface area contributed by atoms with Crippen LogP contribution in [0.3, 0.4) is 0 Å². The Morgan fingerprint density at radius 3 is 2.22 bits per heavy atom. The molecule has 1 saturated heterocycles. The summed E-state index contributed by atoms with van der Waals surface area (Å²) in [6.07, 6.45) is 4.57. The van der Waals surface area contributed by atoms with E-state index in [0.29, 0.717) is 19.4 Å². The molecule has 6 nitrogen and oxygen atoms in total. The van der Waals surface area contributed by atoms with Crippen LogP contribution >= 0.6 is 0 Å². The van der Waals surface area contributed by atoms with Gasteiger partial charge in [0.25, 0.3) is 0 Å². The van der Waals surface area contributed by atoms with Crippen LogP contribution in [0.15, 0.2) is 0 Å². The van der Waals surface area contributed by atoms with Crippen molar-refractivity contribution >= 4 is 11.7 Å². The van der Waals surface area contributed by atoms with Gasteiger partial charge in [0, 0.05) is 38.8 Å². The van der Waals surface area contributed by atoms with Crippen LogP contribution in [0.2, 0.25) is 0 Å². The summed E-state index contributed by atoms with van der Waals surface area (Å²) in [6.45, 7) is 7.11. The second-order valence-corrected chi connectivity index (χ2v) is 6.88. The van der Waals surface area contributed by atoms with E-state index < -0.39 is 0 Å². The topological polar surface area (TPSA) is 78.4 Å². The number of Topliss-reactive ketones (excluding diaryl/α,β-unsaturated/α-hetero) is 1. The van der Waals surface area contributed by atoms with Crippen LogP contribution in [0.4, 0.5) is 0 Å². The van der Waals surface area contributed by atoms with Crippen molar-refractivity contribution in [3.05, 3.63) is 0 Å². The molecule has 0 radical (unpaired) electrons. The van der Waals surface area contributed by atoms with E-state index in [0.717, 1.165) is 62.9 Å². The van der Waals surface area contributed by atoms with Crippen LogP contribution < -0.4 is 10.6 Å². The van der Waals surface area contributed by atoms with Crippen LogP contribution in [0.5, 0.6) is 0 Å². The quantitative estimate of drug-likeness (QED) is 0.339. The molecule has 1 amide bonds. The van der Waals surface area contributed by atoms with Crippen LogP contribution in [-0.2, 0) is 9.59 Å². The molecular formula is C17H34N3O3+. The number of carbonyl (C=O) groups is 2. The van der Waals surface area contributed by atoms with E-state index >= 15 is 0 Å². The first-order valence-electron chi connectivity index (χ1n) is 8.91. The predicted molar refractivity (Wildman–Crippen MR) is 91.1 cm³/mol. The van der Waals surface area contributed by atoms with Gasteiger partial charge >= 0.3 is 0 Å². The van der Waals surface area contributed by atoms with Crippen LogP contribution in [0, 0.1) is 0 Å². The summed E-state index contributed by atoms with van der Waals surface area (Å²) in [4.78, 5) is 22.5. The number of ketones is 1. The number of nitrogens with zero attached hydrogens (tertiary/aromatic N) is 1. The summed E-state index contributed by atoms with van der Waals surface area (Å²) < 4.78 is 0.983. The molecule has 0 bridgehead atoms. The van der Waals surface area contributed by atoms with Gasteiger partial charge in [-0.2, -0.15) is 0 Å². The minimum absolute atomic E-state index is 0.0823. The monoisotopic (exact) mass is 328 g/mol. The number of carbonyl (C=O) groups excluding carboxylic acids is 2. The number of aliphatic hydroxyl groups excluding tert-OH is 1. The fourth-order valence-electron chi connectivity index (χ4n) is 3.30. The number of rotatable bonds is 13. The van der Waals surface area contributed by atoms with Crippen LogP contribution in [0.1, 0.15) is 45.4 Å². The summed E-state index contributed by atoms with van der Waals surface area (Å²) in [5.41, 5.74) is 0. The molecule has 6 heteroatoms. The number of aliphatic hydroxyl groups is 1. The average molecular weight is 328 g/mol. The molecule has 0 atom stereocenters. The molecule has 0 unspecified atom stereocenters. The molecular weight excluding hydrogens is 294 g/mol. The van der Waals surface area contributed by atoms with Gasteiger partial charge in [-0.3, -0.25) is 4.79 Å². The Morgan fingerprint density at radius 1 is 1.04 bits per heavy atom. The van der Waals surface area contributed by atoms with Crippen molar-refractivity contribution in [2.45, 2.75) is 51.6 Å². The highest BCUT2D eigenvalue weighted by Gasteiger charge is 2.41. The lowest BCUT2D eigenvalue weighted by atomic mass is 10.0. The Bertz CT molecular complexity index is 368.